The Labute approximate surface area is 134 Å². The normalized spacial score (nSPS) is 10.5. The molecule has 0 atom stereocenters. The van der Waals surface area contributed by atoms with Gasteiger partial charge < -0.3 is 10.2 Å². The lowest BCUT2D eigenvalue weighted by molar-refractivity contribution is 0.878. The quantitative estimate of drug-likeness (QED) is 0.856. The molecule has 5 heteroatoms. The van der Waals surface area contributed by atoms with Crippen molar-refractivity contribution in [3.05, 3.63) is 46.1 Å². The highest BCUT2D eigenvalue weighted by atomic mass is 79.9. The summed E-state index contributed by atoms with van der Waals surface area (Å²) < 4.78 is 1.09. The summed E-state index contributed by atoms with van der Waals surface area (Å²) in [5.74, 6) is 1.63. The highest BCUT2D eigenvalue weighted by molar-refractivity contribution is 9.10. The summed E-state index contributed by atoms with van der Waals surface area (Å²) in [7, 11) is 2.05. The Hall–Kier alpha value is -1.62. The SMILES string of the molecule is CCCNc1nc(C)cc(N(C)Cc2cccc(Br)c2)n1. The van der Waals surface area contributed by atoms with Gasteiger partial charge in [-0.15, -0.1) is 0 Å². The number of hydrogen-bond acceptors (Lipinski definition) is 4. The van der Waals surface area contributed by atoms with Crippen molar-refractivity contribution in [2.24, 2.45) is 0 Å². The Bertz CT molecular complexity index is 601. The molecule has 1 aromatic heterocycles. The van der Waals surface area contributed by atoms with Gasteiger partial charge >= 0.3 is 0 Å². The van der Waals surface area contributed by atoms with Gasteiger partial charge in [0.2, 0.25) is 5.95 Å². The van der Waals surface area contributed by atoms with Gasteiger partial charge in [0.15, 0.2) is 0 Å². The molecule has 1 aromatic carbocycles. The molecule has 0 spiro atoms. The number of nitrogens with zero attached hydrogens (tertiary/aromatic N) is 3. The first kappa shape index (κ1) is 15.8. The molecule has 0 aliphatic carbocycles. The van der Waals surface area contributed by atoms with E-state index < -0.39 is 0 Å². The number of halogens is 1. The second kappa shape index (κ2) is 7.41. The molecule has 4 nitrogen and oxygen atoms in total. The number of nitrogens with one attached hydrogen (secondary N) is 1. The molecule has 0 radical (unpaired) electrons. The Kier molecular flexibility index (Phi) is 5.56. The minimum absolute atomic E-state index is 0.702. The highest BCUT2D eigenvalue weighted by Crippen LogP contribution is 2.18. The van der Waals surface area contributed by atoms with Gasteiger partial charge in [-0.05, 0) is 31.0 Å². The van der Waals surface area contributed by atoms with E-state index in [0.29, 0.717) is 5.95 Å². The van der Waals surface area contributed by atoms with Crippen molar-refractivity contribution in [1.82, 2.24) is 9.97 Å². The van der Waals surface area contributed by atoms with E-state index in [1.807, 2.05) is 32.2 Å². The van der Waals surface area contributed by atoms with Gasteiger partial charge in [0, 0.05) is 36.4 Å². The minimum Gasteiger partial charge on any atom is -0.355 e. The Balaban J connectivity index is 2.14. The van der Waals surface area contributed by atoms with Gasteiger partial charge in [-0.1, -0.05) is 35.0 Å². The van der Waals surface area contributed by atoms with Crippen molar-refractivity contribution in [3.8, 4) is 0 Å². The van der Waals surface area contributed by atoms with Gasteiger partial charge in [-0.2, -0.15) is 4.98 Å². The van der Waals surface area contributed by atoms with E-state index in [0.717, 1.165) is 35.5 Å². The van der Waals surface area contributed by atoms with Crippen molar-refractivity contribution < 1.29 is 0 Å². The lowest BCUT2D eigenvalue weighted by atomic mass is 10.2. The Morgan fingerprint density at radius 3 is 2.76 bits per heavy atom. The second-order valence-electron chi connectivity index (χ2n) is 5.10. The molecule has 0 aliphatic heterocycles. The van der Waals surface area contributed by atoms with Gasteiger partial charge in [-0.25, -0.2) is 4.98 Å². The molecule has 0 saturated heterocycles. The van der Waals surface area contributed by atoms with Crippen molar-refractivity contribution in [3.63, 3.8) is 0 Å². The zero-order chi connectivity index (χ0) is 15.2. The van der Waals surface area contributed by atoms with E-state index in [4.69, 9.17) is 0 Å². The number of aromatic nitrogens is 2. The summed E-state index contributed by atoms with van der Waals surface area (Å²) in [4.78, 5) is 11.1. The Morgan fingerprint density at radius 2 is 2.05 bits per heavy atom. The average molecular weight is 349 g/mol. The predicted octanol–water partition coefficient (Wildman–Crippen LogP) is 4.01. The van der Waals surface area contributed by atoms with Crippen LogP contribution in [-0.4, -0.2) is 23.6 Å². The van der Waals surface area contributed by atoms with Gasteiger partial charge in [0.05, 0.1) is 0 Å². The molecule has 0 fully saturated rings. The van der Waals surface area contributed by atoms with Crippen LogP contribution in [0.15, 0.2) is 34.8 Å². The molecule has 2 rings (SSSR count). The van der Waals surface area contributed by atoms with E-state index in [2.05, 4.69) is 55.2 Å². The van der Waals surface area contributed by atoms with E-state index >= 15 is 0 Å². The second-order valence-corrected chi connectivity index (χ2v) is 6.02. The third-order valence-corrected chi connectivity index (χ3v) is 3.57. The molecule has 2 aromatic rings. The number of aryl methyl sites for hydroxylation is 1. The fraction of sp³-hybridized carbons (Fsp3) is 0.375. The smallest absolute Gasteiger partial charge is 0.224 e. The standard InChI is InChI=1S/C16H21BrN4/c1-4-8-18-16-19-12(2)9-15(20-16)21(3)11-13-6-5-7-14(17)10-13/h5-7,9-10H,4,8,11H2,1-3H3,(H,18,19,20). The first-order valence-electron chi connectivity index (χ1n) is 7.13. The Morgan fingerprint density at radius 1 is 1.24 bits per heavy atom. The maximum Gasteiger partial charge on any atom is 0.224 e. The first-order valence-corrected chi connectivity index (χ1v) is 7.93. The van der Waals surface area contributed by atoms with Crippen molar-refractivity contribution in [2.45, 2.75) is 26.8 Å². The van der Waals surface area contributed by atoms with Crippen LogP contribution in [0.2, 0.25) is 0 Å². The van der Waals surface area contributed by atoms with Gasteiger partial charge in [-0.3, -0.25) is 0 Å². The molecule has 1 N–H and O–H groups in total. The lowest BCUT2D eigenvalue weighted by Gasteiger charge is -2.19. The zero-order valence-electron chi connectivity index (χ0n) is 12.7. The zero-order valence-corrected chi connectivity index (χ0v) is 14.3. The van der Waals surface area contributed by atoms with Crippen LogP contribution in [0.1, 0.15) is 24.6 Å². The molecular formula is C16H21BrN4. The highest BCUT2D eigenvalue weighted by Gasteiger charge is 2.07. The monoisotopic (exact) mass is 348 g/mol. The van der Waals surface area contributed by atoms with Crippen LogP contribution in [0.3, 0.4) is 0 Å². The van der Waals surface area contributed by atoms with Crippen molar-refractivity contribution >= 4 is 27.7 Å². The van der Waals surface area contributed by atoms with Crippen LogP contribution in [0.25, 0.3) is 0 Å². The third kappa shape index (κ3) is 4.70. The van der Waals surface area contributed by atoms with E-state index in [1.54, 1.807) is 0 Å². The van der Waals surface area contributed by atoms with Crippen LogP contribution in [0.5, 0.6) is 0 Å². The van der Waals surface area contributed by atoms with Crippen molar-refractivity contribution in [2.75, 3.05) is 23.8 Å². The van der Waals surface area contributed by atoms with Crippen LogP contribution >= 0.6 is 15.9 Å². The molecule has 112 valence electrons. The molecular weight excluding hydrogens is 328 g/mol. The third-order valence-electron chi connectivity index (χ3n) is 3.07. The van der Waals surface area contributed by atoms with Gasteiger partial charge in [0.25, 0.3) is 0 Å². The number of benzene rings is 1. The van der Waals surface area contributed by atoms with Crippen LogP contribution < -0.4 is 10.2 Å². The lowest BCUT2D eigenvalue weighted by Crippen LogP contribution is -2.19. The molecule has 1 heterocycles. The predicted molar refractivity (Wildman–Crippen MR) is 91.8 cm³/mol. The number of anilines is 2. The number of rotatable bonds is 6. The fourth-order valence-electron chi connectivity index (χ4n) is 2.05. The summed E-state index contributed by atoms with van der Waals surface area (Å²) in [5.41, 5.74) is 2.21. The first-order chi connectivity index (χ1) is 10.1. The topological polar surface area (TPSA) is 41.1 Å². The summed E-state index contributed by atoms with van der Waals surface area (Å²) >= 11 is 3.51. The molecule has 0 aliphatic rings. The van der Waals surface area contributed by atoms with Crippen LogP contribution in [0, 0.1) is 6.92 Å². The largest absolute Gasteiger partial charge is 0.355 e. The van der Waals surface area contributed by atoms with Crippen LogP contribution in [0.4, 0.5) is 11.8 Å². The van der Waals surface area contributed by atoms with Crippen LogP contribution in [-0.2, 0) is 6.54 Å². The summed E-state index contributed by atoms with van der Waals surface area (Å²) in [5, 5.41) is 3.25. The number of hydrogen-bond donors (Lipinski definition) is 1. The summed E-state index contributed by atoms with van der Waals surface area (Å²) in [6.45, 7) is 5.82. The molecule has 0 bridgehead atoms. The summed E-state index contributed by atoms with van der Waals surface area (Å²) in [6, 6.07) is 10.3. The fourth-order valence-corrected chi connectivity index (χ4v) is 2.50. The average Bonchev–Trinajstić information content (AvgIpc) is 2.44. The minimum atomic E-state index is 0.702. The van der Waals surface area contributed by atoms with Crippen molar-refractivity contribution in [1.29, 1.82) is 0 Å². The molecule has 0 unspecified atom stereocenters. The van der Waals surface area contributed by atoms with E-state index in [-0.39, 0.29) is 0 Å². The van der Waals surface area contributed by atoms with E-state index in [9.17, 15) is 0 Å². The van der Waals surface area contributed by atoms with E-state index in [1.165, 1.54) is 5.56 Å². The summed E-state index contributed by atoms with van der Waals surface area (Å²) in [6.07, 6.45) is 1.06. The molecule has 0 saturated carbocycles. The maximum atomic E-state index is 4.58. The molecule has 0 amide bonds. The maximum absolute atomic E-state index is 4.58. The van der Waals surface area contributed by atoms with Gasteiger partial charge in [0.1, 0.15) is 5.82 Å². The molecule has 21 heavy (non-hydrogen) atoms.